The lowest BCUT2D eigenvalue weighted by Crippen LogP contribution is -2.57. The molecule has 2 N–H and O–H groups in total. The van der Waals surface area contributed by atoms with E-state index in [1.54, 1.807) is 0 Å². The number of ether oxygens (including phenoxy) is 2. The van der Waals surface area contributed by atoms with Crippen molar-refractivity contribution in [3.63, 3.8) is 0 Å². The Morgan fingerprint density at radius 1 is 1.38 bits per heavy atom. The number of carbonyl (C=O) groups excluding carboxylic acids is 1. The molecule has 1 saturated heterocycles. The maximum absolute atomic E-state index is 12.6. The highest BCUT2D eigenvalue weighted by Gasteiger charge is 2.46. The molecule has 0 bridgehead atoms. The molecule has 2 atom stereocenters. The lowest BCUT2D eigenvalue weighted by molar-refractivity contribution is -0.145. The molecule has 0 amide bonds. The third-order valence-electron chi connectivity index (χ3n) is 4.47. The summed E-state index contributed by atoms with van der Waals surface area (Å²) in [5, 5.41) is 8.81. The third kappa shape index (κ3) is 3.56. The highest BCUT2D eigenvalue weighted by molar-refractivity contribution is 7.90. The van der Waals surface area contributed by atoms with E-state index in [1.807, 2.05) is 0 Å². The van der Waals surface area contributed by atoms with Crippen molar-refractivity contribution < 1.29 is 27.8 Å². The summed E-state index contributed by atoms with van der Waals surface area (Å²) >= 11 is 0. The van der Waals surface area contributed by atoms with Crippen molar-refractivity contribution in [3.05, 3.63) is 0 Å². The fraction of sp³-hybridized carbons (Fsp3) is 0.923. The minimum absolute atomic E-state index is 0.273. The van der Waals surface area contributed by atoms with Crippen LogP contribution in [0.3, 0.4) is 0 Å². The van der Waals surface area contributed by atoms with Crippen molar-refractivity contribution in [2.75, 3.05) is 26.9 Å². The Hall–Kier alpha value is -0.700. The molecular weight excluding hydrogens is 298 g/mol. The summed E-state index contributed by atoms with van der Waals surface area (Å²) < 4.78 is 37.8. The summed E-state index contributed by atoms with van der Waals surface area (Å²) in [6, 6.07) is 0. The van der Waals surface area contributed by atoms with Crippen LogP contribution in [-0.2, 0) is 24.3 Å². The van der Waals surface area contributed by atoms with E-state index in [4.69, 9.17) is 9.47 Å². The van der Waals surface area contributed by atoms with Gasteiger partial charge in [0.15, 0.2) is 0 Å². The van der Waals surface area contributed by atoms with Gasteiger partial charge in [-0.3, -0.25) is 4.79 Å². The molecule has 2 unspecified atom stereocenters. The van der Waals surface area contributed by atoms with E-state index in [2.05, 4.69) is 4.72 Å². The van der Waals surface area contributed by atoms with Crippen LogP contribution in [0.4, 0.5) is 0 Å². The molecule has 0 aromatic carbocycles. The maximum atomic E-state index is 12.6. The Labute approximate surface area is 125 Å². The highest BCUT2D eigenvalue weighted by Crippen LogP contribution is 2.33. The molecule has 1 saturated carbocycles. The van der Waals surface area contributed by atoms with Gasteiger partial charge in [-0.2, -0.15) is 0 Å². The molecular formula is C13H23NO6S. The summed E-state index contributed by atoms with van der Waals surface area (Å²) in [4.78, 5) is 11.7. The summed E-state index contributed by atoms with van der Waals surface area (Å²) in [7, 11) is -2.43. The molecule has 2 rings (SSSR count). The topological polar surface area (TPSA) is 102 Å². The monoisotopic (exact) mass is 321 g/mol. The van der Waals surface area contributed by atoms with Gasteiger partial charge >= 0.3 is 5.97 Å². The number of aliphatic hydroxyl groups is 1. The van der Waals surface area contributed by atoms with E-state index in [-0.39, 0.29) is 6.61 Å². The molecule has 0 aromatic heterocycles. The number of nitrogens with one attached hydrogen (secondary N) is 1. The zero-order valence-electron chi connectivity index (χ0n) is 12.2. The molecule has 0 aromatic rings. The van der Waals surface area contributed by atoms with E-state index in [0.29, 0.717) is 45.3 Å². The van der Waals surface area contributed by atoms with E-state index in [0.717, 1.165) is 0 Å². The van der Waals surface area contributed by atoms with Crippen molar-refractivity contribution in [2.45, 2.75) is 42.9 Å². The SMILES string of the molecule is COC(=O)C1CCCC1S(=O)(=O)NC1(CO)CCOCC1. The average Bonchev–Trinajstić information content (AvgIpc) is 2.97. The molecule has 21 heavy (non-hydrogen) atoms. The number of hydrogen-bond donors (Lipinski definition) is 2. The molecule has 122 valence electrons. The Morgan fingerprint density at radius 2 is 2.05 bits per heavy atom. The predicted octanol–water partition coefficient (Wildman–Crippen LogP) is -0.211. The first-order chi connectivity index (χ1) is 9.94. The van der Waals surface area contributed by atoms with Crippen LogP contribution < -0.4 is 4.72 Å². The van der Waals surface area contributed by atoms with Gasteiger partial charge in [0.05, 0.1) is 30.4 Å². The molecule has 8 heteroatoms. The standard InChI is InChI=1S/C13H23NO6S/c1-19-12(16)10-3-2-4-11(10)21(17,18)14-13(9-15)5-7-20-8-6-13/h10-11,14-15H,2-9H2,1H3. The summed E-state index contributed by atoms with van der Waals surface area (Å²) in [6.45, 7) is 0.549. The van der Waals surface area contributed by atoms with Gasteiger partial charge in [-0.15, -0.1) is 0 Å². The van der Waals surface area contributed by atoms with Gasteiger partial charge in [0, 0.05) is 13.2 Å². The smallest absolute Gasteiger partial charge is 0.310 e. The normalized spacial score (nSPS) is 29.2. The van der Waals surface area contributed by atoms with Crippen molar-refractivity contribution in [2.24, 2.45) is 5.92 Å². The van der Waals surface area contributed by atoms with E-state index < -0.39 is 32.7 Å². The number of rotatable bonds is 5. The van der Waals surface area contributed by atoms with Crippen LogP contribution in [0.1, 0.15) is 32.1 Å². The molecule has 7 nitrogen and oxygen atoms in total. The minimum atomic E-state index is -3.70. The number of aliphatic hydroxyl groups excluding tert-OH is 1. The average molecular weight is 321 g/mol. The number of sulfonamides is 1. The van der Waals surface area contributed by atoms with Gasteiger partial charge in [-0.05, 0) is 25.7 Å². The lowest BCUT2D eigenvalue weighted by atomic mass is 9.93. The van der Waals surface area contributed by atoms with E-state index in [1.165, 1.54) is 7.11 Å². The van der Waals surface area contributed by atoms with Gasteiger partial charge < -0.3 is 14.6 Å². The fourth-order valence-electron chi connectivity index (χ4n) is 3.15. The Balaban J connectivity index is 2.15. The first-order valence-corrected chi connectivity index (χ1v) is 8.78. The number of hydrogen-bond acceptors (Lipinski definition) is 6. The van der Waals surface area contributed by atoms with E-state index >= 15 is 0 Å². The maximum Gasteiger partial charge on any atom is 0.310 e. The number of esters is 1. The summed E-state index contributed by atoms with van der Waals surface area (Å²) in [5.74, 6) is -1.10. The van der Waals surface area contributed by atoms with Crippen molar-refractivity contribution >= 4 is 16.0 Å². The van der Waals surface area contributed by atoms with Crippen LogP contribution in [0.5, 0.6) is 0 Å². The molecule has 0 spiro atoms. The van der Waals surface area contributed by atoms with Gasteiger partial charge in [0.25, 0.3) is 0 Å². The quantitative estimate of drug-likeness (QED) is 0.679. The van der Waals surface area contributed by atoms with Gasteiger partial charge in [0.1, 0.15) is 0 Å². The summed E-state index contributed by atoms with van der Waals surface area (Å²) in [5.41, 5.74) is -0.875. The minimum Gasteiger partial charge on any atom is -0.469 e. The van der Waals surface area contributed by atoms with Gasteiger partial charge in [0.2, 0.25) is 10.0 Å². The van der Waals surface area contributed by atoms with Crippen LogP contribution in [-0.4, -0.2) is 57.2 Å². The molecule has 2 aliphatic rings. The lowest BCUT2D eigenvalue weighted by Gasteiger charge is -2.37. The Kier molecular flexibility index (Phi) is 5.24. The number of methoxy groups -OCH3 is 1. The van der Waals surface area contributed by atoms with Gasteiger partial charge in [-0.1, -0.05) is 6.42 Å². The largest absolute Gasteiger partial charge is 0.469 e. The second-order valence-electron chi connectivity index (χ2n) is 5.80. The van der Waals surface area contributed by atoms with Crippen LogP contribution in [0.15, 0.2) is 0 Å². The van der Waals surface area contributed by atoms with Crippen molar-refractivity contribution in [3.8, 4) is 0 Å². The Bertz CT molecular complexity index is 471. The van der Waals surface area contributed by atoms with Crippen LogP contribution in [0.2, 0.25) is 0 Å². The zero-order valence-corrected chi connectivity index (χ0v) is 13.0. The molecule has 0 radical (unpaired) electrons. The van der Waals surface area contributed by atoms with Crippen molar-refractivity contribution in [1.82, 2.24) is 4.72 Å². The van der Waals surface area contributed by atoms with E-state index in [9.17, 15) is 18.3 Å². The summed E-state index contributed by atoms with van der Waals surface area (Å²) in [6.07, 6.45) is 2.50. The van der Waals surface area contributed by atoms with Crippen LogP contribution >= 0.6 is 0 Å². The predicted molar refractivity (Wildman–Crippen MR) is 75.1 cm³/mol. The van der Waals surface area contributed by atoms with Gasteiger partial charge in [-0.25, -0.2) is 13.1 Å². The fourth-order valence-corrected chi connectivity index (χ4v) is 5.33. The molecule has 1 heterocycles. The number of carbonyl (C=O) groups is 1. The first kappa shape index (κ1) is 16.7. The van der Waals surface area contributed by atoms with Crippen LogP contribution in [0, 0.1) is 5.92 Å². The highest BCUT2D eigenvalue weighted by atomic mass is 32.2. The van der Waals surface area contributed by atoms with Crippen LogP contribution in [0.25, 0.3) is 0 Å². The molecule has 1 aliphatic heterocycles. The zero-order chi connectivity index (χ0) is 15.5. The second kappa shape index (κ2) is 6.60. The first-order valence-electron chi connectivity index (χ1n) is 7.23. The molecule has 1 aliphatic carbocycles. The molecule has 2 fully saturated rings. The third-order valence-corrected chi connectivity index (χ3v) is 6.55. The van der Waals surface area contributed by atoms with Crippen molar-refractivity contribution in [1.29, 1.82) is 0 Å². The Morgan fingerprint density at radius 3 is 2.62 bits per heavy atom. The second-order valence-corrected chi connectivity index (χ2v) is 7.70.